The molecule has 13 rings (SSSR count). The summed E-state index contributed by atoms with van der Waals surface area (Å²) in [6.45, 7) is 12.0. The van der Waals surface area contributed by atoms with Gasteiger partial charge in [0.05, 0.1) is 123 Å². The first-order valence-electron chi connectivity index (χ1n) is 40.4. The molecule has 1 unspecified atom stereocenters. The Balaban J connectivity index is 0.497. The van der Waals surface area contributed by atoms with Gasteiger partial charge in [0.15, 0.2) is 29.2 Å². The number of benzene rings is 6. The maximum atomic E-state index is 14.5. The summed E-state index contributed by atoms with van der Waals surface area (Å²) in [4.78, 5) is 116. The molecule has 6 aliphatic rings. The van der Waals surface area contributed by atoms with Crippen LogP contribution in [-0.4, -0.2) is 208 Å². The van der Waals surface area contributed by atoms with E-state index in [1.54, 1.807) is 61.1 Å². The van der Waals surface area contributed by atoms with Crippen molar-refractivity contribution in [1.29, 1.82) is 0 Å². The summed E-state index contributed by atoms with van der Waals surface area (Å²) < 4.78 is 59.7. The van der Waals surface area contributed by atoms with Crippen LogP contribution in [0.1, 0.15) is 141 Å². The van der Waals surface area contributed by atoms with Crippen LogP contribution in [0, 0.1) is 11.3 Å². The van der Waals surface area contributed by atoms with Crippen LogP contribution in [0.2, 0.25) is 0 Å². The van der Waals surface area contributed by atoms with Crippen LogP contribution in [0.15, 0.2) is 128 Å². The Morgan fingerprint density at radius 3 is 1.93 bits per heavy atom. The number of carbonyl (C=O) groups excluding carboxylic acids is 8. The highest BCUT2D eigenvalue weighted by Gasteiger charge is 2.58. The third kappa shape index (κ3) is 19.9. The molecule has 1 saturated heterocycles. The lowest BCUT2D eigenvalue weighted by molar-refractivity contribution is -0.132. The molecule has 1 saturated carbocycles. The number of carbonyl (C=O) groups is 8. The first-order chi connectivity index (χ1) is 57.1. The summed E-state index contributed by atoms with van der Waals surface area (Å²) in [7, 11) is 4.62. The van der Waals surface area contributed by atoms with Gasteiger partial charge in [0, 0.05) is 85.5 Å². The highest BCUT2D eigenvalue weighted by atomic mass is 16.6. The van der Waals surface area contributed by atoms with Gasteiger partial charge in [0.1, 0.15) is 30.1 Å². The van der Waals surface area contributed by atoms with Crippen LogP contribution < -0.4 is 54.8 Å². The Bertz CT molecular complexity index is 4810. The van der Waals surface area contributed by atoms with Gasteiger partial charge in [0.25, 0.3) is 11.8 Å². The fourth-order valence-corrected chi connectivity index (χ4v) is 15.6. The molecule has 0 bridgehead atoms. The number of methoxy groups -OCH3 is 3. The molecule has 1 spiro atoms. The lowest BCUT2D eigenvalue weighted by Crippen LogP contribution is -2.53. The van der Waals surface area contributed by atoms with E-state index in [0.717, 1.165) is 81.1 Å². The van der Waals surface area contributed by atoms with Crippen molar-refractivity contribution in [3.8, 4) is 51.3 Å². The maximum Gasteiger partial charge on any atom is 0.416 e. The number of aliphatic hydroxyl groups is 1. The summed E-state index contributed by atoms with van der Waals surface area (Å²) in [6, 6.07) is 34.1. The van der Waals surface area contributed by atoms with Crippen molar-refractivity contribution < 1.29 is 90.8 Å². The largest absolute Gasteiger partial charge is 0.497 e. The number of amides is 8. The minimum atomic E-state index is -1.48. The van der Waals surface area contributed by atoms with Gasteiger partial charge in [-0.15, -0.1) is 5.10 Å². The number of aryl methyl sites for hydroxylation is 1. The Morgan fingerprint density at radius 2 is 1.27 bits per heavy atom. The molecule has 5 aliphatic heterocycles. The van der Waals surface area contributed by atoms with Gasteiger partial charge in [0.2, 0.25) is 29.5 Å². The van der Waals surface area contributed by atoms with E-state index in [9.17, 15) is 43.5 Å². The number of hydrogen-bond donors (Lipinski definition) is 5. The second-order valence-electron chi connectivity index (χ2n) is 31.0. The third-order valence-corrected chi connectivity index (χ3v) is 22.2. The zero-order valence-electron chi connectivity index (χ0n) is 68.1. The first-order valence-corrected chi connectivity index (χ1v) is 40.4. The number of rotatable bonds is 37. The van der Waals surface area contributed by atoms with Crippen molar-refractivity contribution in [2.24, 2.45) is 11.3 Å². The lowest BCUT2D eigenvalue weighted by atomic mass is 9.95. The fraction of sp³-hybridized carbons (Fsp3) is 0.455. The standard InChI is InChI=1S/C88H105N11O19/c1-54(2)79(92-77(101)30-37-113-39-41-115-43-42-114-40-38-112-36-29-76(100)89-33-28-78(102)96-50-60-14-9-10-15-65(60)81-80(93-94-99(81)55(3)4)66-16-11-12-17-69(66)96)83(104)90-56(5)82(103)91-62-23-18-57(19-24-62)52-118-87(108)98-70-48-75(73(111-8)47-68(70)85(106)97-53-88(31-32-88)49-71(97)86(98)107)117-35-13-34-116-74-45-59-20-25-63-44-61(58-21-26-64(109-6)27-22-58)51-95(63)84(105)67(59)46-72(74)110-7/h9-12,14-19,21-24,26-27,45-48,51,54-56,63,71,79,86,107H,13,20,25,28-44,49-50,52-53H2,1-8H3,(H,89,100)(H,90,104)(H,91,103)(H,92,101)/t56-,63+,71-,79-,86?/m0/s1. The van der Waals surface area contributed by atoms with E-state index in [1.165, 1.54) is 33.3 Å². The summed E-state index contributed by atoms with van der Waals surface area (Å²) in [5.74, 6) is -0.563. The van der Waals surface area contributed by atoms with Crippen LogP contribution in [-0.2, 0) is 67.2 Å². The van der Waals surface area contributed by atoms with E-state index in [0.29, 0.717) is 73.0 Å². The van der Waals surface area contributed by atoms with E-state index in [2.05, 4.69) is 45.4 Å². The number of para-hydroxylation sites is 1. The average molecular weight is 1620 g/mol. The zero-order valence-corrected chi connectivity index (χ0v) is 68.1. The van der Waals surface area contributed by atoms with E-state index in [-0.39, 0.29) is 162 Å². The SMILES string of the molecule is COc1ccc(C2=CN3C(=O)c4cc(OC)c(OCCCOc5cc6c(cc5OC)C(=O)N5CC7(CC7)C[C@H]5C(O)N6C(=O)OCc5ccc(NC(=O)[C@H](C)NC(=O)[C@@H](NC(=O)CCOCCOCCOCCOCCC(=O)NCCC(=O)N6Cc7ccccc7-c7c(nnn7C(C)C)-c7ccccc76)C(C)C)cc5)cc4CC[C@@H]3C2)cc1. The first kappa shape index (κ1) is 84.5. The summed E-state index contributed by atoms with van der Waals surface area (Å²) in [5, 5.41) is 32.4. The number of hydrogen-bond acceptors (Lipinski definition) is 21. The number of aromatic nitrogens is 3. The van der Waals surface area contributed by atoms with E-state index < -0.39 is 48.2 Å². The Hall–Kier alpha value is -11.4. The summed E-state index contributed by atoms with van der Waals surface area (Å²) in [6.07, 6.45) is 4.56. The van der Waals surface area contributed by atoms with Crippen molar-refractivity contribution in [1.82, 2.24) is 40.7 Å². The molecule has 1 aromatic heterocycles. The van der Waals surface area contributed by atoms with Crippen molar-refractivity contribution >= 4 is 70.1 Å². The van der Waals surface area contributed by atoms with E-state index in [1.807, 2.05) is 94.6 Å². The van der Waals surface area contributed by atoms with Gasteiger partial charge < -0.3 is 88.4 Å². The normalized spacial score (nSPS) is 17.2. The molecule has 0 radical (unpaired) electrons. The summed E-state index contributed by atoms with van der Waals surface area (Å²) in [5.41, 5.74) is 9.63. The molecule has 6 heterocycles. The Morgan fingerprint density at radius 1 is 0.627 bits per heavy atom. The quantitative estimate of drug-likeness (QED) is 0.0226. The van der Waals surface area contributed by atoms with Crippen LogP contribution in [0.25, 0.3) is 28.1 Å². The van der Waals surface area contributed by atoms with Crippen LogP contribution >= 0.6 is 0 Å². The third-order valence-electron chi connectivity index (χ3n) is 22.2. The van der Waals surface area contributed by atoms with Gasteiger partial charge in [-0.25, -0.2) is 14.4 Å². The molecular formula is C88H105N11O19. The number of fused-ring (bicyclic) bond motifs is 9. The Labute approximate surface area is 686 Å². The zero-order chi connectivity index (χ0) is 83.2. The topological polar surface area (TPSA) is 341 Å². The van der Waals surface area contributed by atoms with Crippen molar-refractivity contribution in [3.63, 3.8) is 0 Å². The second-order valence-corrected chi connectivity index (χ2v) is 31.0. The minimum Gasteiger partial charge on any atom is -0.497 e. The van der Waals surface area contributed by atoms with E-state index in [4.69, 9.17) is 47.4 Å². The van der Waals surface area contributed by atoms with Crippen molar-refractivity contribution in [2.45, 2.75) is 148 Å². The molecule has 1 aliphatic carbocycles. The van der Waals surface area contributed by atoms with Gasteiger partial charge in [-0.1, -0.05) is 85.8 Å². The number of nitrogens with one attached hydrogen (secondary N) is 4. The van der Waals surface area contributed by atoms with Crippen molar-refractivity contribution in [2.75, 3.05) is 116 Å². The molecule has 6 aromatic carbocycles. The Kier molecular flexibility index (Phi) is 27.7. The van der Waals surface area contributed by atoms with Gasteiger partial charge in [-0.05, 0) is 147 Å². The lowest BCUT2D eigenvalue weighted by Gasteiger charge is -2.31. The second kappa shape index (κ2) is 38.8. The highest BCUT2D eigenvalue weighted by molar-refractivity contribution is 6.07. The molecule has 118 heavy (non-hydrogen) atoms. The van der Waals surface area contributed by atoms with Gasteiger partial charge >= 0.3 is 6.09 Å². The monoisotopic (exact) mass is 1620 g/mol. The average Bonchev–Trinajstić information content (AvgIpc) is 1.56. The molecule has 626 valence electrons. The van der Waals surface area contributed by atoms with E-state index >= 15 is 0 Å². The smallest absolute Gasteiger partial charge is 0.416 e. The van der Waals surface area contributed by atoms with Crippen LogP contribution in [0.5, 0.6) is 28.7 Å². The van der Waals surface area contributed by atoms with Crippen molar-refractivity contribution in [3.05, 3.63) is 161 Å². The molecular weight excluding hydrogens is 1520 g/mol. The predicted octanol–water partition coefficient (Wildman–Crippen LogP) is 10.2. The van der Waals surface area contributed by atoms with Gasteiger partial charge in [-0.3, -0.25) is 33.6 Å². The molecule has 8 amide bonds. The number of ether oxygens (including phenoxy) is 10. The van der Waals surface area contributed by atoms with Gasteiger partial charge in [-0.2, -0.15) is 0 Å². The number of nitrogens with zero attached hydrogens (tertiary/aromatic N) is 7. The van der Waals surface area contributed by atoms with Crippen LogP contribution in [0.3, 0.4) is 0 Å². The fourth-order valence-electron chi connectivity index (χ4n) is 15.6. The molecule has 30 heteroatoms. The highest BCUT2D eigenvalue weighted by Crippen LogP contribution is 2.57. The molecule has 5 N–H and O–H groups in total. The summed E-state index contributed by atoms with van der Waals surface area (Å²) >= 11 is 0. The molecule has 7 aromatic rings. The minimum absolute atomic E-state index is 0.00657. The predicted molar refractivity (Wildman–Crippen MR) is 437 cm³/mol. The molecule has 2 fully saturated rings. The molecule has 5 atom stereocenters. The number of aliphatic hydroxyl groups excluding tert-OH is 1. The maximum absolute atomic E-state index is 14.5. The molecule has 30 nitrogen and oxygen atoms in total. The number of anilines is 3. The van der Waals surface area contributed by atoms with Crippen LogP contribution in [0.4, 0.5) is 21.9 Å².